The fraction of sp³-hybridized carbons (Fsp3) is 0.806. The number of carbonyl (C=O) groups excluding carboxylic acids is 6. The molecule has 6 amide bonds. The van der Waals surface area contributed by atoms with Crippen molar-refractivity contribution >= 4 is 45.3 Å². The number of imide groups is 2. The second-order valence-corrected chi connectivity index (χ2v) is 13.2. The molecule has 13 heteroatoms. The first kappa shape index (κ1) is 43.3. The Balaban J connectivity index is 0. The van der Waals surface area contributed by atoms with Crippen molar-refractivity contribution in [3.63, 3.8) is 0 Å². The van der Waals surface area contributed by atoms with Crippen LogP contribution in [0.1, 0.15) is 113 Å². The molecule has 0 aromatic heterocycles. The van der Waals surface area contributed by atoms with Crippen LogP contribution < -0.4 is 10.6 Å². The van der Waals surface area contributed by atoms with Gasteiger partial charge in [0.25, 0.3) is 0 Å². The van der Waals surface area contributed by atoms with E-state index in [4.69, 9.17) is 0 Å². The van der Waals surface area contributed by atoms with Gasteiger partial charge in [-0.25, -0.2) is 8.42 Å². The summed E-state index contributed by atoms with van der Waals surface area (Å²) < 4.78 is 21.7. The fourth-order valence-corrected chi connectivity index (χ4v) is 5.52. The second kappa shape index (κ2) is 24.5. The molecule has 2 fully saturated rings. The minimum atomic E-state index is -2.68. The molecule has 2 saturated heterocycles. The van der Waals surface area contributed by atoms with Crippen molar-refractivity contribution in [2.24, 2.45) is 11.8 Å². The lowest BCUT2D eigenvalue weighted by atomic mass is 10.1. The molecule has 2 aliphatic heterocycles. The molecule has 2 atom stereocenters. The lowest BCUT2D eigenvalue weighted by Gasteiger charge is -2.13. The summed E-state index contributed by atoms with van der Waals surface area (Å²) >= 11 is 0. The highest BCUT2D eigenvalue weighted by Crippen LogP contribution is 2.19. The molecular formula is C31H58N4O8S. The maximum atomic E-state index is 11.5. The van der Waals surface area contributed by atoms with Crippen molar-refractivity contribution in [3.8, 4) is 0 Å². The molecule has 0 aromatic rings. The third-order valence-corrected chi connectivity index (χ3v) is 8.50. The summed E-state index contributed by atoms with van der Waals surface area (Å²) in [5.74, 6) is 0.0752. The Bertz CT molecular complexity index is 1000. The summed E-state index contributed by atoms with van der Waals surface area (Å²) in [5, 5.41) is 5.45. The SMILES string of the molecule is CCCN1C(=O)CC(C)C1=O.CCCNC(=O)CC.CCCNC(=O)CCN1C(=O)CC(C)C1=O.CCCS(=O)(=O)CCC. The Labute approximate surface area is 265 Å². The maximum absolute atomic E-state index is 11.5. The molecule has 0 spiro atoms. The maximum Gasteiger partial charge on any atom is 0.232 e. The van der Waals surface area contributed by atoms with E-state index in [0.717, 1.165) is 38.6 Å². The lowest BCUT2D eigenvalue weighted by molar-refractivity contribution is -0.141. The third-order valence-electron chi connectivity index (χ3n) is 6.44. The van der Waals surface area contributed by atoms with Gasteiger partial charge in [0, 0.05) is 75.2 Å². The van der Waals surface area contributed by atoms with E-state index in [1.54, 1.807) is 13.8 Å². The zero-order chi connectivity index (χ0) is 34.3. The molecule has 44 heavy (non-hydrogen) atoms. The number of likely N-dealkylation sites (tertiary alicyclic amines) is 2. The van der Waals surface area contributed by atoms with Gasteiger partial charge < -0.3 is 10.6 Å². The van der Waals surface area contributed by atoms with E-state index >= 15 is 0 Å². The summed E-state index contributed by atoms with van der Waals surface area (Å²) in [6.45, 7) is 17.4. The Morgan fingerprint density at radius 1 is 0.659 bits per heavy atom. The highest BCUT2D eigenvalue weighted by Gasteiger charge is 2.35. The molecule has 2 rings (SSSR count). The van der Waals surface area contributed by atoms with E-state index in [0.29, 0.717) is 37.4 Å². The zero-order valence-electron chi connectivity index (χ0n) is 28.3. The Morgan fingerprint density at radius 3 is 1.39 bits per heavy atom. The molecular weight excluding hydrogens is 588 g/mol. The van der Waals surface area contributed by atoms with Crippen LogP contribution in [0.4, 0.5) is 0 Å². The average molecular weight is 647 g/mol. The van der Waals surface area contributed by atoms with Crippen molar-refractivity contribution in [2.75, 3.05) is 37.7 Å². The number of hydrogen-bond acceptors (Lipinski definition) is 8. The number of amides is 6. The predicted molar refractivity (Wildman–Crippen MR) is 172 cm³/mol. The summed E-state index contributed by atoms with van der Waals surface area (Å²) in [4.78, 5) is 69.5. The Kier molecular flexibility index (Phi) is 24.1. The molecule has 2 N–H and O–H groups in total. The van der Waals surface area contributed by atoms with Crippen LogP contribution >= 0.6 is 0 Å². The van der Waals surface area contributed by atoms with Crippen LogP contribution in [0.25, 0.3) is 0 Å². The molecule has 0 aromatic carbocycles. The van der Waals surface area contributed by atoms with Gasteiger partial charge >= 0.3 is 0 Å². The standard InChI is InChI=1S/C11H18N2O3.C8H13NO2.C6H13NO.C6H14O2S/c1-3-5-12-9(14)4-6-13-10(15)7-8(2)11(13)16;1-3-4-9-7(10)5-6(2)8(9)11;1-3-5-7-6(8)4-2;1-3-5-9(7,8)6-4-2/h8H,3-7H2,1-2H3,(H,12,14);6H,3-5H2,1-2H3;3-5H2,1-2H3,(H,7,8);3-6H2,1-2H3. The monoisotopic (exact) mass is 646 g/mol. The van der Waals surface area contributed by atoms with Gasteiger partial charge in [-0.3, -0.25) is 38.6 Å². The molecule has 2 heterocycles. The highest BCUT2D eigenvalue weighted by atomic mass is 32.2. The minimum Gasteiger partial charge on any atom is -0.356 e. The lowest BCUT2D eigenvalue weighted by Crippen LogP contribution is -2.35. The average Bonchev–Trinajstić information content (AvgIpc) is 3.36. The van der Waals surface area contributed by atoms with Crippen molar-refractivity contribution in [3.05, 3.63) is 0 Å². The Hall–Kier alpha value is -2.83. The summed E-state index contributed by atoms with van der Waals surface area (Å²) in [5.41, 5.74) is 0. The van der Waals surface area contributed by atoms with E-state index in [9.17, 15) is 37.2 Å². The van der Waals surface area contributed by atoms with Gasteiger partial charge in [-0.05, 0) is 32.1 Å². The van der Waals surface area contributed by atoms with Gasteiger partial charge in [-0.1, -0.05) is 55.4 Å². The second-order valence-electron chi connectivity index (χ2n) is 10.9. The van der Waals surface area contributed by atoms with Crippen molar-refractivity contribution in [1.82, 2.24) is 20.4 Å². The van der Waals surface area contributed by atoms with Gasteiger partial charge in [0.2, 0.25) is 35.4 Å². The number of nitrogens with zero attached hydrogens (tertiary/aromatic N) is 2. The first-order valence-corrected chi connectivity index (χ1v) is 17.9. The van der Waals surface area contributed by atoms with Crippen LogP contribution in [-0.2, 0) is 38.6 Å². The van der Waals surface area contributed by atoms with E-state index in [1.165, 1.54) is 9.80 Å². The molecule has 0 saturated carbocycles. The van der Waals surface area contributed by atoms with E-state index in [-0.39, 0.29) is 66.7 Å². The van der Waals surface area contributed by atoms with E-state index in [2.05, 4.69) is 10.6 Å². The van der Waals surface area contributed by atoms with Crippen LogP contribution in [0.2, 0.25) is 0 Å². The van der Waals surface area contributed by atoms with Crippen LogP contribution in [0.3, 0.4) is 0 Å². The van der Waals surface area contributed by atoms with Crippen LogP contribution in [0.15, 0.2) is 0 Å². The first-order chi connectivity index (χ1) is 20.7. The molecule has 0 aliphatic carbocycles. The topological polar surface area (TPSA) is 167 Å². The van der Waals surface area contributed by atoms with Gasteiger partial charge in [0.1, 0.15) is 9.84 Å². The summed E-state index contributed by atoms with van der Waals surface area (Å²) in [6, 6.07) is 0. The van der Waals surface area contributed by atoms with Crippen molar-refractivity contribution < 1.29 is 37.2 Å². The van der Waals surface area contributed by atoms with Crippen molar-refractivity contribution in [2.45, 2.75) is 113 Å². The van der Waals surface area contributed by atoms with E-state index < -0.39 is 9.84 Å². The van der Waals surface area contributed by atoms with Crippen molar-refractivity contribution in [1.29, 1.82) is 0 Å². The molecule has 12 nitrogen and oxygen atoms in total. The molecule has 0 bridgehead atoms. The number of rotatable bonds is 14. The number of carbonyl (C=O) groups is 6. The molecule has 2 unspecified atom stereocenters. The molecule has 256 valence electrons. The molecule has 0 radical (unpaired) electrons. The van der Waals surface area contributed by atoms with Gasteiger partial charge in [-0.15, -0.1) is 0 Å². The quantitative estimate of drug-likeness (QED) is 0.271. The van der Waals surface area contributed by atoms with Gasteiger partial charge in [-0.2, -0.15) is 0 Å². The zero-order valence-corrected chi connectivity index (χ0v) is 29.1. The third kappa shape index (κ3) is 18.7. The van der Waals surface area contributed by atoms with Crippen LogP contribution in [-0.4, -0.2) is 91.3 Å². The molecule has 2 aliphatic rings. The predicted octanol–water partition coefficient (Wildman–Crippen LogP) is 3.23. The largest absolute Gasteiger partial charge is 0.356 e. The van der Waals surface area contributed by atoms with Gasteiger partial charge in [0.15, 0.2) is 0 Å². The van der Waals surface area contributed by atoms with Crippen LogP contribution in [0.5, 0.6) is 0 Å². The Morgan fingerprint density at radius 2 is 1.07 bits per heavy atom. The number of hydrogen-bond donors (Lipinski definition) is 2. The van der Waals surface area contributed by atoms with E-state index in [1.807, 2.05) is 41.5 Å². The smallest absolute Gasteiger partial charge is 0.232 e. The first-order valence-electron chi connectivity index (χ1n) is 16.1. The normalized spacial score (nSPS) is 17.6. The summed E-state index contributed by atoms with van der Waals surface area (Å²) in [6.07, 6.45) is 5.70. The highest BCUT2D eigenvalue weighted by molar-refractivity contribution is 7.91. The van der Waals surface area contributed by atoms with Gasteiger partial charge in [0.05, 0.1) is 0 Å². The van der Waals surface area contributed by atoms with Crippen LogP contribution in [0, 0.1) is 11.8 Å². The summed E-state index contributed by atoms with van der Waals surface area (Å²) in [7, 11) is -2.68. The number of nitrogens with one attached hydrogen (secondary N) is 2. The number of sulfone groups is 1. The fourth-order valence-electron chi connectivity index (χ4n) is 4.07. The minimum absolute atomic E-state index is 0.00292.